The van der Waals surface area contributed by atoms with Crippen LogP contribution in [0.5, 0.6) is 0 Å². The largest absolute Gasteiger partial charge is 0.336 e. The number of nitrogens with zero attached hydrogens (tertiary/aromatic N) is 1. The predicted molar refractivity (Wildman–Crippen MR) is 129 cm³/mol. The van der Waals surface area contributed by atoms with E-state index in [1.165, 1.54) is 22.8 Å². The van der Waals surface area contributed by atoms with E-state index in [-0.39, 0.29) is 22.3 Å². The minimum Gasteiger partial charge on any atom is -0.336 e. The number of amides is 1. The van der Waals surface area contributed by atoms with Crippen molar-refractivity contribution < 1.29 is 17.6 Å². The van der Waals surface area contributed by atoms with Crippen molar-refractivity contribution in [2.75, 3.05) is 5.32 Å². The van der Waals surface area contributed by atoms with Crippen molar-refractivity contribution in [2.45, 2.75) is 36.6 Å². The molecule has 34 heavy (non-hydrogen) atoms. The van der Waals surface area contributed by atoms with Crippen LogP contribution in [0.2, 0.25) is 0 Å². The average Bonchev–Trinajstić information content (AvgIpc) is 2.80. The van der Waals surface area contributed by atoms with Crippen LogP contribution in [0.1, 0.15) is 18.1 Å². The molecule has 6 nitrogen and oxygen atoms in total. The standard InChI is InChI=1S/C26H23FN2O4S/c1-3-18-7-10-21(11-8-18)34(32,33)24-15-29(23-12-9-19(27)14-22(23)26(24)31)16-25(30)28-20-6-4-5-17(2)13-20/h4-15H,3,16H2,1-2H3,(H,28,30). The van der Waals surface area contributed by atoms with E-state index in [1.807, 2.05) is 19.9 Å². The zero-order chi connectivity index (χ0) is 24.5. The highest BCUT2D eigenvalue weighted by Gasteiger charge is 2.24. The minimum atomic E-state index is -4.21. The Labute approximate surface area is 196 Å². The number of anilines is 1. The van der Waals surface area contributed by atoms with Gasteiger partial charge in [0.05, 0.1) is 10.4 Å². The highest BCUT2D eigenvalue weighted by atomic mass is 32.2. The Balaban J connectivity index is 1.81. The molecule has 8 heteroatoms. The molecule has 174 valence electrons. The van der Waals surface area contributed by atoms with Crippen molar-refractivity contribution in [3.63, 3.8) is 0 Å². The Bertz CT molecular complexity index is 1560. The molecule has 0 saturated heterocycles. The summed E-state index contributed by atoms with van der Waals surface area (Å²) in [6, 6.07) is 17.0. The summed E-state index contributed by atoms with van der Waals surface area (Å²) in [5, 5.41) is 2.65. The van der Waals surface area contributed by atoms with Gasteiger partial charge in [-0.25, -0.2) is 12.8 Å². The number of halogens is 1. The molecular weight excluding hydrogens is 455 g/mol. The van der Waals surface area contributed by atoms with Gasteiger partial charge in [0, 0.05) is 17.3 Å². The van der Waals surface area contributed by atoms with Gasteiger partial charge >= 0.3 is 0 Å². The highest BCUT2D eigenvalue weighted by Crippen LogP contribution is 2.23. The van der Waals surface area contributed by atoms with Crippen molar-refractivity contribution in [3.05, 3.63) is 100 Å². The summed E-state index contributed by atoms with van der Waals surface area (Å²) in [7, 11) is -4.21. The third-order valence-corrected chi connectivity index (χ3v) is 7.32. The van der Waals surface area contributed by atoms with Crippen LogP contribution >= 0.6 is 0 Å². The molecule has 0 fully saturated rings. The molecule has 0 atom stereocenters. The lowest BCUT2D eigenvalue weighted by Gasteiger charge is -2.14. The quantitative estimate of drug-likeness (QED) is 0.443. The maximum atomic E-state index is 14.0. The number of fused-ring (bicyclic) bond motifs is 1. The van der Waals surface area contributed by atoms with Gasteiger partial charge < -0.3 is 9.88 Å². The van der Waals surface area contributed by atoms with Crippen LogP contribution in [0.15, 0.2) is 87.5 Å². The number of rotatable bonds is 6. The summed E-state index contributed by atoms with van der Waals surface area (Å²) < 4.78 is 42.0. The maximum absolute atomic E-state index is 14.0. The topological polar surface area (TPSA) is 85.2 Å². The van der Waals surface area contributed by atoms with Crippen LogP contribution in [0.4, 0.5) is 10.1 Å². The molecule has 1 N–H and O–H groups in total. The van der Waals surface area contributed by atoms with Crippen molar-refractivity contribution in [1.82, 2.24) is 4.57 Å². The van der Waals surface area contributed by atoms with Crippen LogP contribution in [0.3, 0.4) is 0 Å². The first-order chi connectivity index (χ1) is 16.2. The minimum absolute atomic E-state index is 0.0479. The summed E-state index contributed by atoms with van der Waals surface area (Å²) in [4.78, 5) is 25.3. The molecule has 0 aliphatic carbocycles. The number of sulfone groups is 1. The molecule has 0 aliphatic rings. The van der Waals surface area contributed by atoms with Gasteiger partial charge in [-0.15, -0.1) is 0 Å². The average molecular weight is 479 g/mol. The molecule has 0 radical (unpaired) electrons. The van der Waals surface area contributed by atoms with Crippen molar-refractivity contribution in [1.29, 1.82) is 0 Å². The molecule has 0 bridgehead atoms. The summed E-state index contributed by atoms with van der Waals surface area (Å²) >= 11 is 0. The number of aromatic nitrogens is 1. The van der Waals surface area contributed by atoms with E-state index in [1.54, 1.807) is 30.3 Å². The lowest BCUT2D eigenvalue weighted by molar-refractivity contribution is -0.116. The maximum Gasteiger partial charge on any atom is 0.244 e. The van der Waals surface area contributed by atoms with Crippen LogP contribution in [-0.2, 0) is 27.6 Å². The molecule has 4 rings (SSSR count). The van der Waals surface area contributed by atoms with Crippen LogP contribution < -0.4 is 10.7 Å². The van der Waals surface area contributed by atoms with Gasteiger partial charge in [0.15, 0.2) is 0 Å². The highest BCUT2D eigenvalue weighted by molar-refractivity contribution is 7.91. The molecule has 3 aromatic carbocycles. The predicted octanol–water partition coefficient (Wildman–Crippen LogP) is 4.48. The van der Waals surface area contributed by atoms with Gasteiger partial charge in [-0.2, -0.15) is 0 Å². The van der Waals surface area contributed by atoms with Gasteiger partial charge in [-0.1, -0.05) is 31.2 Å². The zero-order valence-electron chi connectivity index (χ0n) is 18.7. The SMILES string of the molecule is CCc1ccc(S(=O)(=O)c2cn(CC(=O)Nc3cccc(C)c3)c3ccc(F)cc3c2=O)cc1. The van der Waals surface area contributed by atoms with Gasteiger partial charge in [0.25, 0.3) is 0 Å². The number of hydrogen-bond donors (Lipinski definition) is 1. The molecule has 0 spiro atoms. The van der Waals surface area contributed by atoms with Gasteiger partial charge in [-0.05, 0) is 66.9 Å². The third kappa shape index (κ3) is 4.63. The van der Waals surface area contributed by atoms with Crippen LogP contribution in [0.25, 0.3) is 10.9 Å². The smallest absolute Gasteiger partial charge is 0.244 e. The van der Waals surface area contributed by atoms with E-state index in [2.05, 4.69) is 5.32 Å². The number of hydrogen-bond acceptors (Lipinski definition) is 4. The fourth-order valence-electron chi connectivity index (χ4n) is 3.77. The molecule has 0 saturated carbocycles. The zero-order valence-corrected chi connectivity index (χ0v) is 19.5. The number of pyridine rings is 1. The normalized spacial score (nSPS) is 11.5. The number of benzene rings is 3. The molecular formula is C26H23FN2O4S. The van der Waals surface area contributed by atoms with E-state index < -0.39 is 31.9 Å². The Morgan fingerprint density at radius 3 is 2.44 bits per heavy atom. The van der Waals surface area contributed by atoms with E-state index in [0.29, 0.717) is 5.69 Å². The van der Waals surface area contributed by atoms with Crippen molar-refractivity contribution >= 4 is 32.3 Å². The molecule has 1 aromatic heterocycles. The summed E-state index contributed by atoms with van der Waals surface area (Å²) in [6.07, 6.45) is 1.89. The second kappa shape index (κ2) is 9.23. The van der Waals surface area contributed by atoms with E-state index in [0.717, 1.165) is 35.9 Å². The number of carbonyl (C=O) groups is 1. The lowest BCUT2D eigenvalue weighted by atomic mass is 10.2. The fourth-order valence-corrected chi connectivity index (χ4v) is 5.14. The Kier molecular flexibility index (Phi) is 6.34. The number of aryl methyl sites for hydroxylation is 2. The lowest BCUT2D eigenvalue weighted by Crippen LogP contribution is -2.24. The van der Waals surface area contributed by atoms with Gasteiger partial charge in [-0.3, -0.25) is 9.59 Å². The first-order valence-electron chi connectivity index (χ1n) is 10.7. The molecule has 0 unspecified atom stereocenters. The van der Waals surface area contributed by atoms with E-state index >= 15 is 0 Å². The van der Waals surface area contributed by atoms with E-state index in [9.17, 15) is 22.4 Å². The molecule has 0 aliphatic heterocycles. The van der Waals surface area contributed by atoms with Crippen molar-refractivity contribution in [3.8, 4) is 0 Å². The Morgan fingerprint density at radius 2 is 1.76 bits per heavy atom. The second-order valence-corrected chi connectivity index (χ2v) is 9.95. The van der Waals surface area contributed by atoms with Gasteiger partial charge in [0.2, 0.25) is 21.2 Å². The Hall–Kier alpha value is -3.78. The fraction of sp³-hybridized carbons (Fsp3) is 0.154. The van der Waals surface area contributed by atoms with Gasteiger partial charge in [0.1, 0.15) is 17.3 Å². The number of nitrogens with one attached hydrogen (secondary N) is 1. The van der Waals surface area contributed by atoms with Crippen molar-refractivity contribution in [2.24, 2.45) is 0 Å². The first-order valence-corrected chi connectivity index (χ1v) is 12.2. The van der Waals surface area contributed by atoms with Crippen LogP contribution in [-0.4, -0.2) is 18.9 Å². The van der Waals surface area contributed by atoms with E-state index in [4.69, 9.17) is 0 Å². The molecule has 4 aromatic rings. The third-order valence-electron chi connectivity index (χ3n) is 5.56. The summed E-state index contributed by atoms with van der Waals surface area (Å²) in [6.45, 7) is 3.57. The molecule has 1 heterocycles. The summed E-state index contributed by atoms with van der Waals surface area (Å²) in [5.41, 5.74) is 1.94. The first kappa shape index (κ1) is 23.4. The van der Waals surface area contributed by atoms with Crippen LogP contribution in [0, 0.1) is 12.7 Å². The Morgan fingerprint density at radius 1 is 1.03 bits per heavy atom. The monoisotopic (exact) mass is 478 g/mol. The number of carbonyl (C=O) groups excluding carboxylic acids is 1. The summed E-state index contributed by atoms with van der Waals surface area (Å²) in [5.74, 6) is -1.10. The molecule has 1 amide bonds. The second-order valence-electron chi connectivity index (χ2n) is 8.03.